The van der Waals surface area contributed by atoms with Gasteiger partial charge in [-0.1, -0.05) is 30.3 Å². The van der Waals surface area contributed by atoms with Gasteiger partial charge in [0.25, 0.3) is 0 Å². The molecule has 2 aromatic rings. The first-order chi connectivity index (χ1) is 13.0. The molecule has 0 radical (unpaired) electrons. The number of carbonyl (C=O) groups is 3. The molecule has 0 aliphatic heterocycles. The van der Waals surface area contributed by atoms with Gasteiger partial charge in [-0.3, -0.25) is 19.3 Å². The molecule has 0 atom stereocenters. The molecule has 1 aromatic carbocycles. The van der Waals surface area contributed by atoms with Crippen molar-refractivity contribution in [2.24, 2.45) is 0 Å². The van der Waals surface area contributed by atoms with Gasteiger partial charge in [-0.15, -0.1) is 11.3 Å². The van der Waals surface area contributed by atoms with Crippen LogP contribution in [0, 0.1) is 0 Å². The summed E-state index contributed by atoms with van der Waals surface area (Å²) in [5, 5.41) is 12.2. The molecule has 1 aliphatic rings. The number of likely N-dealkylation sites (N-methyl/N-ethyl adjacent to an activating group) is 1. The number of carbonyl (C=O) groups excluding carboxylic acids is 2. The van der Waals surface area contributed by atoms with Crippen LogP contribution in [0.2, 0.25) is 0 Å². The summed E-state index contributed by atoms with van der Waals surface area (Å²) in [5.41, 5.74) is 2.24. The maximum Gasteiger partial charge on any atom is 0.317 e. The average Bonchev–Trinajstić information content (AvgIpc) is 2.98. The van der Waals surface area contributed by atoms with Crippen molar-refractivity contribution in [2.75, 3.05) is 25.5 Å². The number of carboxylic acids is 1. The van der Waals surface area contributed by atoms with Gasteiger partial charge in [-0.2, -0.15) is 0 Å². The summed E-state index contributed by atoms with van der Waals surface area (Å²) >= 11 is 1.47. The number of hydrogen-bond donors (Lipinski definition) is 2. The van der Waals surface area contributed by atoms with Gasteiger partial charge in [-0.25, -0.2) is 0 Å². The van der Waals surface area contributed by atoms with E-state index in [9.17, 15) is 14.4 Å². The maximum absolute atomic E-state index is 13.1. The van der Waals surface area contributed by atoms with E-state index in [4.69, 9.17) is 5.11 Å². The second kappa shape index (κ2) is 8.45. The summed E-state index contributed by atoms with van der Waals surface area (Å²) in [4.78, 5) is 38.8. The monoisotopic (exact) mass is 386 g/mol. The molecule has 0 fully saturated rings. The summed E-state index contributed by atoms with van der Waals surface area (Å²) in [6, 6.07) is 9.07. The van der Waals surface area contributed by atoms with E-state index in [1.165, 1.54) is 16.2 Å². The molecule has 142 valence electrons. The molecule has 6 nitrogen and oxygen atoms in total. The highest BCUT2D eigenvalue weighted by atomic mass is 32.1. The Kier molecular flexibility index (Phi) is 6.03. The van der Waals surface area contributed by atoms with Gasteiger partial charge in [-0.05, 0) is 38.3 Å². The quantitative estimate of drug-likeness (QED) is 0.715. The normalized spacial score (nSPS) is 13.3. The predicted octanol–water partition coefficient (Wildman–Crippen LogP) is 2.81. The number of fused-ring (bicyclic) bond motifs is 1. The van der Waals surface area contributed by atoms with Gasteiger partial charge in [0.05, 0.1) is 18.7 Å². The lowest BCUT2D eigenvalue weighted by atomic mass is 9.92. The van der Waals surface area contributed by atoms with E-state index in [0.717, 1.165) is 36.1 Å². The van der Waals surface area contributed by atoms with E-state index in [1.54, 1.807) is 19.2 Å². The summed E-state index contributed by atoms with van der Waals surface area (Å²) in [6.07, 6.45) is 3.88. The van der Waals surface area contributed by atoms with Crippen molar-refractivity contribution in [1.82, 2.24) is 4.90 Å². The number of anilines is 1. The summed E-state index contributed by atoms with van der Waals surface area (Å²) in [6.45, 7) is -0.266. The highest BCUT2D eigenvalue weighted by Gasteiger charge is 2.27. The second-order valence-corrected chi connectivity index (χ2v) is 7.83. The minimum Gasteiger partial charge on any atom is -0.480 e. The Hall–Kier alpha value is -2.51. The number of rotatable bonds is 7. The average molecular weight is 386 g/mol. The van der Waals surface area contributed by atoms with Crippen LogP contribution in [-0.2, 0) is 22.4 Å². The number of benzene rings is 1. The molecule has 27 heavy (non-hydrogen) atoms. The number of hydrogen-bond acceptors (Lipinski definition) is 5. The van der Waals surface area contributed by atoms with E-state index < -0.39 is 5.97 Å². The largest absolute Gasteiger partial charge is 0.480 e. The van der Waals surface area contributed by atoms with Gasteiger partial charge in [0.1, 0.15) is 5.00 Å². The molecule has 1 aliphatic carbocycles. The molecule has 0 spiro atoms. The summed E-state index contributed by atoms with van der Waals surface area (Å²) in [5.74, 6) is -1.39. The third kappa shape index (κ3) is 4.61. The highest BCUT2D eigenvalue weighted by molar-refractivity contribution is 7.17. The van der Waals surface area contributed by atoms with Crippen molar-refractivity contribution in [2.45, 2.75) is 25.7 Å². The first kappa shape index (κ1) is 19.3. The van der Waals surface area contributed by atoms with Crippen LogP contribution < -0.4 is 5.32 Å². The second-order valence-electron chi connectivity index (χ2n) is 6.72. The Bertz CT molecular complexity index is 860. The predicted molar refractivity (Wildman–Crippen MR) is 105 cm³/mol. The smallest absolute Gasteiger partial charge is 0.317 e. The van der Waals surface area contributed by atoms with E-state index in [0.29, 0.717) is 16.1 Å². The zero-order valence-electron chi connectivity index (χ0n) is 15.2. The number of aryl methyl sites for hydroxylation is 1. The fourth-order valence-corrected chi connectivity index (χ4v) is 4.63. The molecule has 1 aromatic heterocycles. The molecule has 1 amide bonds. The van der Waals surface area contributed by atoms with Crippen LogP contribution in [-0.4, -0.2) is 47.8 Å². The number of thiophene rings is 1. The van der Waals surface area contributed by atoms with Crippen molar-refractivity contribution in [3.8, 4) is 0 Å². The fraction of sp³-hybridized carbons (Fsp3) is 0.350. The first-order valence-corrected chi connectivity index (χ1v) is 9.72. The lowest BCUT2D eigenvalue weighted by molar-refractivity contribution is -0.138. The van der Waals surface area contributed by atoms with Gasteiger partial charge < -0.3 is 10.4 Å². The molecule has 2 N–H and O–H groups in total. The standard InChI is InChI=1S/C20H22N2O4S/c1-22(12-17(24)25)11-16(23)21-20-18(14-9-5-6-10-15(14)27-20)19(26)13-7-3-2-4-8-13/h2-4,7-8H,5-6,9-12H2,1H3,(H,21,23)(H,24,25). The zero-order valence-corrected chi connectivity index (χ0v) is 16.0. The fourth-order valence-electron chi connectivity index (χ4n) is 3.33. The lowest BCUT2D eigenvalue weighted by Gasteiger charge is -2.14. The van der Waals surface area contributed by atoms with Gasteiger partial charge in [0.15, 0.2) is 5.78 Å². The first-order valence-electron chi connectivity index (χ1n) is 8.90. The molecular weight excluding hydrogens is 364 g/mol. The molecule has 7 heteroatoms. The molecule has 1 heterocycles. The molecule has 0 saturated heterocycles. The summed E-state index contributed by atoms with van der Waals surface area (Å²) < 4.78 is 0. The van der Waals surface area contributed by atoms with Crippen LogP contribution >= 0.6 is 11.3 Å². The third-order valence-corrected chi connectivity index (χ3v) is 5.71. The van der Waals surface area contributed by atoms with Crippen LogP contribution in [0.4, 0.5) is 5.00 Å². The Labute approximate surface area is 161 Å². The Morgan fingerprint density at radius 2 is 1.81 bits per heavy atom. The van der Waals surface area contributed by atoms with Crippen molar-refractivity contribution < 1.29 is 19.5 Å². The van der Waals surface area contributed by atoms with Crippen molar-refractivity contribution >= 4 is 34.0 Å². The van der Waals surface area contributed by atoms with Gasteiger partial charge in [0.2, 0.25) is 5.91 Å². The van der Waals surface area contributed by atoms with E-state index in [2.05, 4.69) is 5.32 Å². The Balaban J connectivity index is 1.86. The maximum atomic E-state index is 13.1. The highest BCUT2D eigenvalue weighted by Crippen LogP contribution is 2.39. The number of aliphatic carboxylic acids is 1. The molecule has 3 rings (SSSR count). The molecular formula is C20H22N2O4S. The third-order valence-electron chi connectivity index (χ3n) is 4.51. The van der Waals surface area contributed by atoms with Crippen LogP contribution in [0.3, 0.4) is 0 Å². The van der Waals surface area contributed by atoms with Crippen molar-refractivity contribution in [3.63, 3.8) is 0 Å². The van der Waals surface area contributed by atoms with E-state index in [1.807, 2.05) is 18.2 Å². The topological polar surface area (TPSA) is 86.7 Å². The number of nitrogens with one attached hydrogen (secondary N) is 1. The van der Waals surface area contributed by atoms with Crippen LogP contribution in [0.5, 0.6) is 0 Å². The molecule has 0 saturated carbocycles. The number of amides is 1. The van der Waals surface area contributed by atoms with Crippen molar-refractivity contribution in [3.05, 3.63) is 51.9 Å². The van der Waals surface area contributed by atoms with Crippen LogP contribution in [0.1, 0.15) is 39.2 Å². The molecule has 0 unspecified atom stereocenters. The van der Waals surface area contributed by atoms with E-state index >= 15 is 0 Å². The van der Waals surface area contributed by atoms with Gasteiger partial charge >= 0.3 is 5.97 Å². The van der Waals surface area contributed by atoms with Crippen LogP contribution in [0.15, 0.2) is 30.3 Å². The zero-order chi connectivity index (χ0) is 19.4. The van der Waals surface area contributed by atoms with Crippen molar-refractivity contribution in [1.29, 1.82) is 0 Å². The number of nitrogens with zero attached hydrogens (tertiary/aromatic N) is 1. The molecule has 0 bridgehead atoms. The van der Waals surface area contributed by atoms with Crippen LogP contribution in [0.25, 0.3) is 0 Å². The summed E-state index contributed by atoms with van der Waals surface area (Å²) in [7, 11) is 1.57. The Morgan fingerprint density at radius 3 is 2.52 bits per heavy atom. The number of carboxylic acid groups (broad SMARTS) is 1. The SMILES string of the molecule is CN(CC(=O)O)CC(=O)Nc1sc2c(c1C(=O)c1ccccc1)CCCC2. The Morgan fingerprint density at radius 1 is 1.11 bits per heavy atom. The minimum atomic E-state index is -0.989. The van der Waals surface area contributed by atoms with E-state index in [-0.39, 0.29) is 24.8 Å². The number of ketones is 1. The van der Waals surface area contributed by atoms with Gasteiger partial charge in [0, 0.05) is 10.4 Å². The minimum absolute atomic E-state index is 0.0478. The lowest BCUT2D eigenvalue weighted by Crippen LogP contribution is -2.34.